The molecule has 2 aromatic rings. The minimum atomic E-state index is 0.751. The lowest BCUT2D eigenvalue weighted by atomic mass is 10.5. The maximum atomic E-state index is 3.99. The molecule has 2 aromatic heterocycles. The van der Waals surface area contributed by atoms with Crippen molar-refractivity contribution < 1.29 is 0 Å². The van der Waals surface area contributed by atoms with Crippen LogP contribution in [0.25, 0.3) is 0 Å². The standard InChI is InChI=1S/C7H6N3S/c1-2-7(11-5-1)6-10-8-3-4-9-10/h1-4H,6H2. The van der Waals surface area contributed by atoms with Crippen molar-refractivity contribution in [2.45, 2.75) is 6.54 Å². The fourth-order valence-electron chi connectivity index (χ4n) is 0.820. The lowest BCUT2D eigenvalue weighted by Gasteiger charge is -1.93. The molecule has 3 nitrogen and oxygen atoms in total. The summed E-state index contributed by atoms with van der Waals surface area (Å²) in [6.45, 7) is 0.751. The maximum Gasteiger partial charge on any atom is 0.0949 e. The van der Waals surface area contributed by atoms with Crippen LogP contribution < -0.4 is 0 Å². The van der Waals surface area contributed by atoms with Crippen LogP contribution in [0.15, 0.2) is 24.5 Å². The number of aromatic nitrogens is 3. The largest absolute Gasteiger partial charge is 0.180 e. The van der Waals surface area contributed by atoms with Gasteiger partial charge in [0.05, 0.1) is 18.9 Å². The van der Waals surface area contributed by atoms with E-state index in [0.717, 1.165) is 6.54 Å². The molecule has 0 saturated carbocycles. The van der Waals surface area contributed by atoms with Crippen molar-refractivity contribution in [2.75, 3.05) is 0 Å². The van der Waals surface area contributed by atoms with E-state index in [1.54, 1.807) is 28.5 Å². The van der Waals surface area contributed by atoms with Gasteiger partial charge in [0.2, 0.25) is 0 Å². The summed E-state index contributed by atoms with van der Waals surface area (Å²) in [5.74, 6) is 0. The first kappa shape index (κ1) is 6.54. The van der Waals surface area contributed by atoms with E-state index in [1.165, 1.54) is 4.88 Å². The topological polar surface area (TPSA) is 30.7 Å². The summed E-state index contributed by atoms with van der Waals surface area (Å²) >= 11 is 1.60. The summed E-state index contributed by atoms with van der Waals surface area (Å²) in [6, 6.07) is 3.93. The first-order valence-electron chi connectivity index (χ1n) is 3.24. The number of nitrogens with zero attached hydrogens (tertiary/aromatic N) is 3. The van der Waals surface area contributed by atoms with Gasteiger partial charge in [-0.15, -0.1) is 11.3 Å². The van der Waals surface area contributed by atoms with Crippen molar-refractivity contribution in [2.24, 2.45) is 0 Å². The van der Waals surface area contributed by atoms with Crippen molar-refractivity contribution in [3.8, 4) is 0 Å². The van der Waals surface area contributed by atoms with Crippen molar-refractivity contribution in [1.29, 1.82) is 0 Å². The Bertz CT molecular complexity index is 266. The highest BCUT2D eigenvalue weighted by Gasteiger charge is 1.95. The molecule has 0 unspecified atom stereocenters. The zero-order valence-corrected chi connectivity index (χ0v) is 6.58. The van der Waals surface area contributed by atoms with Crippen molar-refractivity contribution in [1.82, 2.24) is 15.0 Å². The Hall–Kier alpha value is -1.16. The molecular formula is C7H6N3S. The summed E-state index contributed by atoms with van der Waals surface area (Å²) < 4.78 is 0. The second-order valence-electron chi connectivity index (χ2n) is 2.08. The van der Waals surface area contributed by atoms with Crippen LogP contribution in [0.5, 0.6) is 0 Å². The molecule has 0 aliphatic heterocycles. The fourth-order valence-corrected chi connectivity index (χ4v) is 1.42. The average Bonchev–Trinajstić information content (AvgIpc) is 2.60. The molecule has 0 spiro atoms. The van der Waals surface area contributed by atoms with Crippen LogP contribution in [0.1, 0.15) is 4.88 Å². The summed E-state index contributed by atoms with van der Waals surface area (Å²) in [7, 11) is 0. The van der Waals surface area contributed by atoms with E-state index in [9.17, 15) is 0 Å². The quantitative estimate of drug-likeness (QED) is 0.667. The van der Waals surface area contributed by atoms with Gasteiger partial charge in [-0.25, -0.2) is 0 Å². The molecule has 0 saturated heterocycles. The maximum absolute atomic E-state index is 3.99. The molecule has 0 aromatic carbocycles. The van der Waals surface area contributed by atoms with E-state index in [2.05, 4.69) is 15.6 Å². The van der Waals surface area contributed by atoms with Crippen LogP contribution in [0, 0.1) is 5.38 Å². The second-order valence-corrected chi connectivity index (χ2v) is 3.04. The van der Waals surface area contributed by atoms with Gasteiger partial charge in [0, 0.05) is 10.3 Å². The van der Waals surface area contributed by atoms with E-state index < -0.39 is 0 Å². The molecule has 0 amide bonds. The Balaban J connectivity index is 2.14. The Morgan fingerprint density at radius 1 is 1.45 bits per heavy atom. The zero-order chi connectivity index (χ0) is 7.52. The van der Waals surface area contributed by atoms with Gasteiger partial charge < -0.3 is 0 Å². The van der Waals surface area contributed by atoms with E-state index in [-0.39, 0.29) is 0 Å². The van der Waals surface area contributed by atoms with Gasteiger partial charge in [-0.3, -0.25) is 0 Å². The van der Waals surface area contributed by atoms with E-state index >= 15 is 0 Å². The number of hydrogen-bond donors (Lipinski definition) is 0. The monoisotopic (exact) mass is 164 g/mol. The molecule has 0 aliphatic rings. The van der Waals surface area contributed by atoms with Gasteiger partial charge >= 0.3 is 0 Å². The Kier molecular flexibility index (Phi) is 1.69. The SMILES string of the molecule is [c]1ccc(Cn2nccn2)s1. The predicted molar refractivity (Wildman–Crippen MR) is 42.3 cm³/mol. The predicted octanol–water partition coefficient (Wildman–Crippen LogP) is 1.19. The summed E-state index contributed by atoms with van der Waals surface area (Å²) in [5.41, 5.74) is 0. The van der Waals surface area contributed by atoms with E-state index in [0.29, 0.717) is 0 Å². The highest BCUT2D eigenvalue weighted by atomic mass is 32.1. The number of hydrogen-bond acceptors (Lipinski definition) is 3. The molecule has 11 heavy (non-hydrogen) atoms. The minimum absolute atomic E-state index is 0.751. The van der Waals surface area contributed by atoms with Gasteiger partial charge in [-0.2, -0.15) is 15.0 Å². The molecule has 55 valence electrons. The highest BCUT2D eigenvalue weighted by Crippen LogP contribution is 2.07. The first-order chi connectivity index (χ1) is 5.45. The molecule has 2 rings (SSSR count). The molecule has 0 fully saturated rings. The van der Waals surface area contributed by atoms with Crippen LogP contribution in [0.4, 0.5) is 0 Å². The molecule has 0 aliphatic carbocycles. The fraction of sp³-hybridized carbons (Fsp3) is 0.143. The van der Waals surface area contributed by atoms with Gasteiger partial charge in [0.15, 0.2) is 0 Å². The normalized spacial score (nSPS) is 10.2. The van der Waals surface area contributed by atoms with Crippen molar-refractivity contribution in [3.05, 3.63) is 34.8 Å². The molecule has 0 N–H and O–H groups in total. The molecule has 2 heterocycles. The summed E-state index contributed by atoms with van der Waals surface area (Å²) in [6.07, 6.45) is 3.36. The van der Waals surface area contributed by atoms with Crippen LogP contribution in [-0.4, -0.2) is 15.0 Å². The second kappa shape index (κ2) is 2.84. The third-order valence-electron chi connectivity index (χ3n) is 1.29. The van der Waals surface area contributed by atoms with Crippen LogP contribution in [0.3, 0.4) is 0 Å². The molecule has 1 radical (unpaired) electrons. The summed E-state index contributed by atoms with van der Waals surface area (Å²) in [5, 5.41) is 11.0. The molecule has 0 atom stereocenters. The minimum Gasteiger partial charge on any atom is -0.180 e. The number of thiophene rings is 1. The van der Waals surface area contributed by atoms with E-state index in [1.807, 2.05) is 12.1 Å². The van der Waals surface area contributed by atoms with Crippen molar-refractivity contribution >= 4 is 11.3 Å². The molecule has 4 heteroatoms. The Morgan fingerprint density at radius 3 is 2.91 bits per heavy atom. The van der Waals surface area contributed by atoms with Crippen LogP contribution in [-0.2, 0) is 6.54 Å². The third-order valence-corrected chi connectivity index (χ3v) is 2.07. The summed E-state index contributed by atoms with van der Waals surface area (Å²) in [4.78, 5) is 2.88. The molecule has 0 bridgehead atoms. The van der Waals surface area contributed by atoms with Gasteiger partial charge in [0.25, 0.3) is 0 Å². The highest BCUT2D eigenvalue weighted by molar-refractivity contribution is 7.09. The first-order valence-corrected chi connectivity index (χ1v) is 4.05. The van der Waals surface area contributed by atoms with Crippen LogP contribution >= 0.6 is 11.3 Å². The lowest BCUT2D eigenvalue weighted by molar-refractivity contribution is 0.597. The lowest BCUT2D eigenvalue weighted by Crippen LogP contribution is -2.01. The number of rotatable bonds is 2. The van der Waals surface area contributed by atoms with Crippen molar-refractivity contribution in [3.63, 3.8) is 0 Å². The van der Waals surface area contributed by atoms with Gasteiger partial charge in [-0.1, -0.05) is 0 Å². The third kappa shape index (κ3) is 1.46. The average molecular weight is 164 g/mol. The smallest absolute Gasteiger partial charge is 0.0949 e. The van der Waals surface area contributed by atoms with E-state index in [4.69, 9.17) is 0 Å². The van der Waals surface area contributed by atoms with Gasteiger partial charge in [-0.05, 0) is 12.1 Å². The Labute approximate surface area is 68.3 Å². The Morgan fingerprint density at radius 2 is 2.27 bits per heavy atom. The zero-order valence-electron chi connectivity index (χ0n) is 5.77. The van der Waals surface area contributed by atoms with Gasteiger partial charge in [0.1, 0.15) is 0 Å². The van der Waals surface area contributed by atoms with Crippen LogP contribution in [0.2, 0.25) is 0 Å². The molecular weight excluding hydrogens is 158 g/mol.